The number of pyridine rings is 2. The second-order valence-electron chi connectivity index (χ2n) is 5.99. The molecule has 2 rings (SSSR count). The zero-order valence-electron chi connectivity index (χ0n) is 16.2. The number of rotatable bonds is 7. The van der Waals surface area contributed by atoms with E-state index in [-0.39, 0.29) is 35.3 Å². The number of ether oxygens (including phenoxy) is 1. The second kappa shape index (κ2) is 11.5. The van der Waals surface area contributed by atoms with Crippen LogP contribution >= 0.6 is 11.8 Å². The molecule has 28 heavy (non-hydrogen) atoms. The summed E-state index contributed by atoms with van der Waals surface area (Å²) in [6.45, 7) is 4.42. The highest BCUT2D eigenvalue weighted by Crippen LogP contribution is 2.11. The van der Waals surface area contributed by atoms with Crippen LogP contribution in [0.25, 0.3) is 0 Å². The topological polar surface area (TPSA) is 105 Å². The largest absolute Gasteiger partial charge is 0.396 e. The molecule has 0 spiro atoms. The predicted octanol–water partition coefficient (Wildman–Crippen LogP) is 2.45. The van der Waals surface area contributed by atoms with Gasteiger partial charge in [0.2, 0.25) is 0 Å². The lowest BCUT2D eigenvalue weighted by Gasteiger charge is -2.13. The molecule has 2 aromatic heterocycles. The maximum absolute atomic E-state index is 13.0. The summed E-state index contributed by atoms with van der Waals surface area (Å²) >= 11 is 1.64. The van der Waals surface area contributed by atoms with Crippen molar-refractivity contribution in [2.75, 3.05) is 30.1 Å². The third kappa shape index (κ3) is 7.01. The Morgan fingerprint density at radius 1 is 1.11 bits per heavy atom. The quantitative estimate of drug-likeness (QED) is 0.672. The van der Waals surface area contributed by atoms with Crippen molar-refractivity contribution >= 4 is 23.1 Å². The summed E-state index contributed by atoms with van der Waals surface area (Å²) in [6, 6.07) is 2.02. The number of halogens is 2. The highest BCUT2D eigenvalue weighted by atomic mass is 32.2. The van der Waals surface area contributed by atoms with Crippen molar-refractivity contribution in [3.8, 4) is 0 Å². The number of nitrogens with two attached hydrogens (primary N) is 2. The van der Waals surface area contributed by atoms with E-state index in [9.17, 15) is 18.4 Å². The fourth-order valence-corrected chi connectivity index (χ4v) is 2.33. The first kappa shape index (κ1) is 23.7. The Morgan fingerprint density at radius 3 is 2.39 bits per heavy atom. The molecule has 2 heterocycles. The Balaban J connectivity index is 0.000000283. The first-order chi connectivity index (χ1) is 13.2. The Morgan fingerprint density at radius 2 is 1.79 bits per heavy atom. The molecule has 10 heteroatoms. The van der Waals surface area contributed by atoms with Gasteiger partial charge in [-0.2, -0.15) is 11.8 Å². The highest BCUT2D eigenvalue weighted by Gasteiger charge is 2.07. The van der Waals surface area contributed by atoms with E-state index in [0.717, 1.165) is 35.1 Å². The molecule has 2 aromatic rings. The maximum Gasteiger partial charge on any atom is 0.254 e. The molecular weight excluding hydrogens is 390 g/mol. The van der Waals surface area contributed by atoms with Crippen molar-refractivity contribution < 1.29 is 13.5 Å². The van der Waals surface area contributed by atoms with Crippen LogP contribution in [0.2, 0.25) is 0 Å². The third-order valence-electron chi connectivity index (χ3n) is 3.89. The number of hydrogen-bond acceptors (Lipinski definition) is 6. The molecular formula is C18H26F2N4O3S. The van der Waals surface area contributed by atoms with Gasteiger partial charge >= 0.3 is 0 Å². The first-order valence-electron chi connectivity index (χ1n) is 8.60. The van der Waals surface area contributed by atoms with Gasteiger partial charge in [0.1, 0.15) is 6.73 Å². The molecule has 0 amide bonds. The van der Waals surface area contributed by atoms with Gasteiger partial charge in [-0.1, -0.05) is 6.92 Å². The summed E-state index contributed by atoms with van der Waals surface area (Å²) in [7, 11) is 0. The zero-order chi connectivity index (χ0) is 21.3. The average molecular weight is 416 g/mol. The van der Waals surface area contributed by atoms with Crippen LogP contribution in [0.1, 0.15) is 26.3 Å². The molecule has 1 unspecified atom stereocenters. The van der Waals surface area contributed by atoms with E-state index >= 15 is 0 Å². The minimum Gasteiger partial charge on any atom is -0.396 e. The SMILES string of the molecule is CCC(C)n1cc(N)c(F)cc1=O.CSCCOCn1cc(F)c(N)cc1=O. The van der Waals surface area contributed by atoms with Crippen molar-refractivity contribution in [2.24, 2.45) is 0 Å². The molecule has 0 aromatic carbocycles. The lowest BCUT2D eigenvalue weighted by molar-refractivity contribution is 0.0868. The van der Waals surface area contributed by atoms with E-state index in [1.165, 1.54) is 10.8 Å². The fourth-order valence-electron chi connectivity index (χ4n) is 2.05. The van der Waals surface area contributed by atoms with E-state index in [1.54, 1.807) is 11.8 Å². The van der Waals surface area contributed by atoms with Crippen LogP contribution in [0.5, 0.6) is 0 Å². The van der Waals surface area contributed by atoms with Crippen LogP contribution < -0.4 is 22.6 Å². The van der Waals surface area contributed by atoms with Crippen molar-refractivity contribution in [1.29, 1.82) is 0 Å². The standard InChI is InChI=1S/C9H13FN2O2S.C9H13FN2O/c1-15-3-2-14-6-12-5-7(10)8(11)4-9(12)13;1-3-6(2)12-5-8(11)7(10)4-9(12)13/h4-5H,2-3,6,11H2,1H3;4-6H,3,11H2,1-2H3. The summed E-state index contributed by atoms with van der Waals surface area (Å²) in [4.78, 5) is 22.5. The minimum absolute atomic E-state index is 0.0138. The first-order valence-corrected chi connectivity index (χ1v) is 9.99. The van der Waals surface area contributed by atoms with E-state index < -0.39 is 11.6 Å². The van der Waals surface area contributed by atoms with Gasteiger partial charge in [0.25, 0.3) is 11.1 Å². The monoisotopic (exact) mass is 416 g/mol. The maximum atomic E-state index is 13.0. The molecule has 0 bridgehead atoms. The summed E-state index contributed by atoms with van der Waals surface area (Å²) in [5.41, 5.74) is 9.75. The van der Waals surface area contributed by atoms with E-state index in [2.05, 4.69) is 0 Å². The van der Waals surface area contributed by atoms with Crippen LogP contribution in [0.4, 0.5) is 20.2 Å². The van der Waals surface area contributed by atoms with Gasteiger partial charge in [-0.25, -0.2) is 8.78 Å². The van der Waals surface area contributed by atoms with Crippen LogP contribution in [-0.2, 0) is 11.5 Å². The molecule has 0 saturated carbocycles. The number of nitrogens with zero attached hydrogens (tertiary/aromatic N) is 2. The summed E-state index contributed by atoms with van der Waals surface area (Å²) in [6.07, 6.45) is 5.17. The van der Waals surface area contributed by atoms with E-state index in [0.29, 0.717) is 6.61 Å². The van der Waals surface area contributed by atoms with Crippen molar-refractivity contribution in [3.05, 3.63) is 56.9 Å². The molecule has 0 saturated heterocycles. The number of thioether (sulfide) groups is 1. The lowest BCUT2D eigenvalue weighted by Crippen LogP contribution is -2.23. The average Bonchev–Trinajstić information content (AvgIpc) is 2.65. The van der Waals surface area contributed by atoms with Gasteiger partial charge in [-0.05, 0) is 19.6 Å². The molecule has 0 aliphatic carbocycles. The molecule has 0 fully saturated rings. The minimum atomic E-state index is -0.649. The third-order valence-corrected chi connectivity index (χ3v) is 4.47. The Labute approximate surface area is 166 Å². The Hall–Kier alpha value is -2.33. The molecule has 0 aliphatic heterocycles. The van der Waals surface area contributed by atoms with Gasteiger partial charge in [0.05, 0.1) is 18.0 Å². The lowest BCUT2D eigenvalue weighted by atomic mass is 10.2. The molecule has 1 atom stereocenters. The summed E-state index contributed by atoms with van der Waals surface area (Å²) in [5.74, 6) is -0.417. The summed E-state index contributed by atoms with van der Waals surface area (Å²) in [5, 5.41) is 0. The normalized spacial score (nSPS) is 11.6. The van der Waals surface area contributed by atoms with Gasteiger partial charge in [-0.3, -0.25) is 14.2 Å². The number of nitrogen functional groups attached to an aromatic ring is 2. The molecule has 7 nitrogen and oxygen atoms in total. The number of anilines is 2. The van der Waals surface area contributed by atoms with Crippen molar-refractivity contribution in [3.63, 3.8) is 0 Å². The van der Waals surface area contributed by atoms with Crippen molar-refractivity contribution in [2.45, 2.75) is 33.0 Å². The number of aromatic nitrogens is 2. The van der Waals surface area contributed by atoms with Crippen LogP contribution in [0.15, 0.2) is 34.1 Å². The smallest absolute Gasteiger partial charge is 0.254 e. The molecule has 0 radical (unpaired) electrons. The Kier molecular flexibility index (Phi) is 9.74. The fraction of sp³-hybridized carbons (Fsp3) is 0.444. The molecule has 4 N–H and O–H groups in total. The van der Waals surface area contributed by atoms with E-state index in [1.807, 2.05) is 20.1 Å². The van der Waals surface area contributed by atoms with Gasteiger partial charge < -0.3 is 20.8 Å². The van der Waals surface area contributed by atoms with Crippen LogP contribution in [0.3, 0.4) is 0 Å². The molecule has 0 aliphatic rings. The van der Waals surface area contributed by atoms with Crippen LogP contribution in [-0.4, -0.2) is 27.7 Å². The molecule has 156 valence electrons. The summed E-state index contributed by atoms with van der Waals surface area (Å²) < 4.78 is 33.5. The van der Waals surface area contributed by atoms with Crippen LogP contribution in [0, 0.1) is 11.6 Å². The van der Waals surface area contributed by atoms with Gasteiger partial charge in [-0.15, -0.1) is 0 Å². The van der Waals surface area contributed by atoms with Crippen molar-refractivity contribution in [1.82, 2.24) is 9.13 Å². The second-order valence-corrected chi connectivity index (χ2v) is 6.98. The Bertz CT molecular complexity index is 886. The van der Waals surface area contributed by atoms with Gasteiger partial charge in [0.15, 0.2) is 11.6 Å². The highest BCUT2D eigenvalue weighted by molar-refractivity contribution is 7.98. The zero-order valence-corrected chi connectivity index (χ0v) is 17.0. The van der Waals surface area contributed by atoms with E-state index in [4.69, 9.17) is 16.2 Å². The van der Waals surface area contributed by atoms with Gasteiger partial charge in [0, 0.05) is 36.3 Å². The number of hydrogen-bond donors (Lipinski definition) is 2. The predicted molar refractivity (Wildman–Crippen MR) is 109 cm³/mol.